The minimum Gasteiger partial charge on any atom is -0.335 e. The second-order valence-corrected chi connectivity index (χ2v) is 7.00. The van der Waals surface area contributed by atoms with Gasteiger partial charge in [0.2, 0.25) is 0 Å². The lowest BCUT2D eigenvalue weighted by atomic mass is 10.1. The third-order valence-electron chi connectivity index (χ3n) is 4.26. The van der Waals surface area contributed by atoms with Gasteiger partial charge in [-0.2, -0.15) is 13.2 Å². The average molecular weight is 422 g/mol. The molecule has 0 aliphatic heterocycles. The third kappa shape index (κ3) is 4.58. The second kappa shape index (κ2) is 8.52. The van der Waals surface area contributed by atoms with Gasteiger partial charge in [-0.05, 0) is 38.0 Å². The van der Waals surface area contributed by atoms with Gasteiger partial charge in [-0.1, -0.05) is 37.0 Å². The van der Waals surface area contributed by atoms with Crippen molar-refractivity contribution in [3.8, 4) is 5.69 Å². The molecular formula is C18H20Cl2F3N3O. The number of carbonyl (C=O) groups excluding carboxylic acids is 1. The number of carbonyl (C=O) groups is 1. The van der Waals surface area contributed by atoms with E-state index >= 15 is 0 Å². The summed E-state index contributed by atoms with van der Waals surface area (Å²) >= 11 is 11.9. The number of aromatic nitrogens is 2. The molecule has 0 aliphatic carbocycles. The largest absolute Gasteiger partial charge is 0.434 e. The highest BCUT2D eigenvalue weighted by Gasteiger charge is 2.42. The minimum absolute atomic E-state index is 0.0248. The molecule has 2 aromatic rings. The van der Waals surface area contributed by atoms with Gasteiger partial charge in [0.25, 0.3) is 5.91 Å². The molecule has 0 N–H and O–H groups in total. The van der Waals surface area contributed by atoms with Gasteiger partial charge in [-0.15, -0.1) is 0 Å². The summed E-state index contributed by atoms with van der Waals surface area (Å²) in [4.78, 5) is 18.1. The van der Waals surface area contributed by atoms with Crippen LogP contribution in [0, 0.1) is 0 Å². The monoisotopic (exact) mass is 421 g/mol. The summed E-state index contributed by atoms with van der Waals surface area (Å²) in [6.07, 6.45) is -2.58. The van der Waals surface area contributed by atoms with E-state index in [-0.39, 0.29) is 16.8 Å². The summed E-state index contributed by atoms with van der Waals surface area (Å²) in [6, 6.07) is 3.91. The number of benzene rings is 1. The Morgan fingerprint density at radius 3 is 2.48 bits per heavy atom. The maximum atomic E-state index is 13.8. The number of rotatable bonds is 6. The van der Waals surface area contributed by atoms with Crippen molar-refractivity contribution < 1.29 is 18.0 Å². The standard InChI is InChI=1S/C18H20Cl2F3N3O/c1-4-8-25(11(3)5-2)17(27)15-16(18(21,22)23)26(10-24-15)14-7-6-12(19)9-13(14)20/h6-7,9-11H,4-5,8H2,1-3H3. The van der Waals surface area contributed by atoms with Crippen LogP contribution in [0.1, 0.15) is 49.8 Å². The topological polar surface area (TPSA) is 38.1 Å². The molecule has 0 fully saturated rings. The van der Waals surface area contributed by atoms with Crippen molar-refractivity contribution in [2.45, 2.75) is 45.8 Å². The Hall–Kier alpha value is -1.73. The quantitative estimate of drug-likeness (QED) is 0.586. The molecule has 0 radical (unpaired) electrons. The average Bonchev–Trinajstić information content (AvgIpc) is 3.03. The van der Waals surface area contributed by atoms with Gasteiger partial charge in [0.15, 0.2) is 11.4 Å². The Bertz CT molecular complexity index is 821. The molecular weight excluding hydrogens is 402 g/mol. The molecule has 1 amide bonds. The van der Waals surface area contributed by atoms with Crippen LogP contribution in [-0.2, 0) is 6.18 Å². The summed E-state index contributed by atoms with van der Waals surface area (Å²) in [5, 5.41) is 0.316. The number of alkyl halides is 3. The molecule has 4 nitrogen and oxygen atoms in total. The Balaban J connectivity index is 2.62. The van der Waals surface area contributed by atoms with E-state index in [2.05, 4.69) is 4.98 Å². The third-order valence-corrected chi connectivity index (χ3v) is 4.79. The normalized spacial score (nSPS) is 12.9. The van der Waals surface area contributed by atoms with Gasteiger partial charge in [0.1, 0.15) is 6.33 Å². The predicted octanol–water partition coefficient (Wildman–Crippen LogP) is 5.85. The van der Waals surface area contributed by atoms with Gasteiger partial charge in [0.05, 0.1) is 10.7 Å². The molecule has 0 saturated carbocycles. The molecule has 1 unspecified atom stereocenters. The van der Waals surface area contributed by atoms with Crippen molar-refractivity contribution in [3.05, 3.63) is 46.0 Å². The van der Waals surface area contributed by atoms with Crippen LogP contribution < -0.4 is 0 Å². The fourth-order valence-electron chi connectivity index (χ4n) is 2.75. The van der Waals surface area contributed by atoms with Crippen LogP contribution in [0.4, 0.5) is 13.2 Å². The minimum atomic E-state index is -4.79. The smallest absolute Gasteiger partial charge is 0.335 e. The summed E-state index contributed by atoms with van der Waals surface area (Å²) in [6.45, 7) is 5.88. The van der Waals surface area contributed by atoms with Crippen molar-refractivity contribution in [2.75, 3.05) is 6.54 Å². The second-order valence-electron chi connectivity index (χ2n) is 6.16. The van der Waals surface area contributed by atoms with Gasteiger partial charge in [0, 0.05) is 17.6 Å². The number of hydrogen-bond donors (Lipinski definition) is 0. The first kappa shape index (κ1) is 21.6. The number of halogens is 5. The molecule has 0 bridgehead atoms. The Labute approximate surface area is 165 Å². The summed E-state index contributed by atoms with van der Waals surface area (Å²) in [7, 11) is 0. The van der Waals surface area contributed by atoms with E-state index in [1.807, 2.05) is 13.8 Å². The number of nitrogens with zero attached hydrogens (tertiary/aromatic N) is 3. The van der Waals surface area contributed by atoms with Crippen LogP contribution in [0.15, 0.2) is 24.5 Å². The van der Waals surface area contributed by atoms with Crippen LogP contribution in [0.2, 0.25) is 10.0 Å². The van der Waals surface area contributed by atoms with Crippen LogP contribution in [0.3, 0.4) is 0 Å². The molecule has 2 rings (SSSR count). The zero-order valence-corrected chi connectivity index (χ0v) is 16.7. The van der Waals surface area contributed by atoms with E-state index in [4.69, 9.17) is 23.2 Å². The van der Waals surface area contributed by atoms with Gasteiger partial charge in [-0.25, -0.2) is 4.98 Å². The SMILES string of the molecule is CCCN(C(=O)c1ncn(-c2ccc(Cl)cc2Cl)c1C(F)(F)F)C(C)CC. The molecule has 9 heteroatoms. The highest BCUT2D eigenvalue weighted by atomic mass is 35.5. The lowest BCUT2D eigenvalue weighted by molar-refractivity contribution is -0.142. The van der Waals surface area contributed by atoms with Crippen LogP contribution in [-0.4, -0.2) is 32.9 Å². The van der Waals surface area contributed by atoms with Gasteiger partial charge >= 0.3 is 6.18 Å². The van der Waals surface area contributed by atoms with Crippen molar-refractivity contribution in [1.29, 1.82) is 0 Å². The van der Waals surface area contributed by atoms with E-state index < -0.39 is 23.5 Å². The first-order chi connectivity index (χ1) is 12.6. The summed E-state index contributed by atoms with van der Waals surface area (Å²) in [5.41, 5.74) is -1.74. The van der Waals surface area contributed by atoms with Crippen LogP contribution in [0.5, 0.6) is 0 Å². The molecule has 1 aromatic carbocycles. The Morgan fingerprint density at radius 2 is 1.96 bits per heavy atom. The van der Waals surface area contributed by atoms with Crippen LogP contribution in [0.25, 0.3) is 5.69 Å². The first-order valence-corrected chi connectivity index (χ1v) is 9.28. The van der Waals surface area contributed by atoms with Gasteiger partial charge < -0.3 is 4.90 Å². The number of amides is 1. The predicted molar refractivity (Wildman–Crippen MR) is 99.7 cm³/mol. The van der Waals surface area contributed by atoms with E-state index in [1.165, 1.54) is 23.1 Å². The first-order valence-electron chi connectivity index (χ1n) is 8.52. The molecule has 1 aromatic heterocycles. The van der Waals surface area contributed by atoms with Crippen molar-refractivity contribution in [1.82, 2.24) is 14.5 Å². The summed E-state index contributed by atoms with van der Waals surface area (Å²) < 4.78 is 42.3. The lowest BCUT2D eigenvalue weighted by Gasteiger charge is -2.28. The highest BCUT2D eigenvalue weighted by molar-refractivity contribution is 6.35. The van der Waals surface area contributed by atoms with Gasteiger partial charge in [-0.3, -0.25) is 9.36 Å². The molecule has 1 atom stereocenters. The van der Waals surface area contributed by atoms with E-state index in [1.54, 1.807) is 6.92 Å². The van der Waals surface area contributed by atoms with Crippen molar-refractivity contribution >= 4 is 29.1 Å². The van der Waals surface area contributed by atoms with E-state index in [0.717, 1.165) is 10.9 Å². The fraction of sp³-hybridized carbons (Fsp3) is 0.444. The van der Waals surface area contributed by atoms with Crippen molar-refractivity contribution in [3.63, 3.8) is 0 Å². The molecule has 27 heavy (non-hydrogen) atoms. The highest BCUT2D eigenvalue weighted by Crippen LogP contribution is 2.36. The molecule has 0 saturated heterocycles. The zero-order chi connectivity index (χ0) is 20.4. The number of imidazole rings is 1. The molecule has 148 valence electrons. The fourth-order valence-corrected chi connectivity index (χ4v) is 3.25. The molecule has 0 spiro atoms. The summed E-state index contributed by atoms with van der Waals surface area (Å²) in [5.74, 6) is -0.748. The maximum absolute atomic E-state index is 13.8. The maximum Gasteiger partial charge on any atom is 0.434 e. The lowest BCUT2D eigenvalue weighted by Crippen LogP contribution is -2.40. The Morgan fingerprint density at radius 1 is 1.30 bits per heavy atom. The number of hydrogen-bond acceptors (Lipinski definition) is 2. The molecule has 0 aliphatic rings. The van der Waals surface area contributed by atoms with Crippen molar-refractivity contribution in [2.24, 2.45) is 0 Å². The Kier molecular flexibility index (Phi) is 6.81. The zero-order valence-electron chi connectivity index (χ0n) is 15.1. The van der Waals surface area contributed by atoms with Crippen LogP contribution >= 0.6 is 23.2 Å². The molecule has 1 heterocycles. The van der Waals surface area contributed by atoms with E-state index in [0.29, 0.717) is 24.4 Å². The van der Waals surface area contributed by atoms with E-state index in [9.17, 15) is 18.0 Å².